The Labute approximate surface area is 113 Å². The Hall–Kier alpha value is -1.68. The van der Waals surface area contributed by atoms with Crippen molar-refractivity contribution >= 4 is 5.97 Å². The third kappa shape index (κ3) is 4.48. The first kappa shape index (κ1) is 15.4. The highest BCUT2D eigenvalue weighted by Crippen LogP contribution is 2.15. The smallest absolute Gasteiger partial charge is 0.333 e. The largest absolute Gasteiger partial charge is 0.466 e. The van der Waals surface area contributed by atoms with Crippen molar-refractivity contribution in [2.75, 3.05) is 13.7 Å². The molecular formula is C15H20FNO2. The van der Waals surface area contributed by atoms with Crippen LogP contribution in [0.2, 0.25) is 0 Å². The Morgan fingerprint density at radius 2 is 2.16 bits per heavy atom. The van der Waals surface area contributed by atoms with E-state index in [9.17, 15) is 9.18 Å². The van der Waals surface area contributed by atoms with Gasteiger partial charge in [-0.15, -0.1) is 0 Å². The van der Waals surface area contributed by atoms with Crippen molar-refractivity contribution in [1.82, 2.24) is 5.32 Å². The minimum Gasteiger partial charge on any atom is -0.466 e. The van der Waals surface area contributed by atoms with Crippen LogP contribution in [-0.4, -0.2) is 19.6 Å². The van der Waals surface area contributed by atoms with Crippen LogP contribution in [0.5, 0.6) is 0 Å². The van der Waals surface area contributed by atoms with Gasteiger partial charge in [0.25, 0.3) is 0 Å². The average molecular weight is 265 g/mol. The van der Waals surface area contributed by atoms with Gasteiger partial charge in [0, 0.05) is 23.7 Å². The van der Waals surface area contributed by atoms with Gasteiger partial charge in [0.1, 0.15) is 5.82 Å². The molecule has 0 radical (unpaired) electrons. The molecule has 0 heterocycles. The van der Waals surface area contributed by atoms with Gasteiger partial charge in [-0.3, -0.25) is 0 Å². The number of methoxy groups -OCH3 is 1. The van der Waals surface area contributed by atoms with Crippen LogP contribution in [0.3, 0.4) is 0 Å². The second kappa shape index (κ2) is 7.69. The molecule has 0 amide bonds. The lowest BCUT2D eigenvalue weighted by Gasteiger charge is -2.14. The van der Waals surface area contributed by atoms with Crippen molar-refractivity contribution in [3.8, 4) is 0 Å². The molecule has 0 bridgehead atoms. The maximum Gasteiger partial charge on any atom is 0.333 e. The van der Waals surface area contributed by atoms with Gasteiger partial charge < -0.3 is 10.1 Å². The molecule has 1 unspecified atom stereocenters. The number of esters is 1. The zero-order valence-corrected chi connectivity index (χ0v) is 11.6. The van der Waals surface area contributed by atoms with Crippen LogP contribution in [0.25, 0.3) is 0 Å². The van der Waals surface area contributed by atoms with Crippen LogP contribution in [0.4, 0.5) is 4.39 Å². The van der Waals surface area contributed by atoms with E-state index in [2.05, 4.69) is 10.1 Å². The molecule has 0 fully saturated rings. The topological polar surface area (TPSA) is 38.3 Å². The van der Waals surface area contributed by atoms with E-state index in [4.69, 9.17) is 0 Å². The highest BCUT2D eigenvalue weighted by Gasteiger charge is 2.10. The number of benzene rings is 1. The van der Waals surface area contributed by atoms with Crippen molar-refractivity contribution in [2.24, 2.45) is 0 Å². The van der Waals surface area contributed by atoms with E-state index in [0.29, 0.717) is 24.1 Å². The first-order valence-electron chi connectivity index (χ1n) is 6.35. The molecule has 19 heavy (non-hydrogen) atoms. The fourth-order valence-electron chi connectivity index (χ4n) is 1.80. The summed E-state index contributed by atoms with van der Waals surface area (Å²) in [5.74, 6) is -0.544. The van der Waals surface area contributed by atoms with E-state index >= 15 is 0 Å². The molecule has 0 saturated heterocycles. The van der Waals surface area contributed by atoms with Crippen LogP contribution < -0.4 is 5.32 Å². The van der Waals surface area contributed by atoms with Crippen molar-refractivity contribution in [3.05, 3.63) is 47.3 Å². The fraction of sp³-hybridized carbons (Fsp3) is 0.400. The number of ether oxygens (including phenoxy) is 1. The number of hydrogen-bond donors (Lipinski definition) is 1. The molecule has 0 aliphatic carbocycles. The number of hydrogen-bond acceptors (Lipinski definition) is 3. The lowest BCUT2D eigenvalue weighted by atomic mass is 10.1. The molecule has 1 aromatic carbocycles. The van der Waals surface area contributed by atoms with E-state index in [0.717, 1.165) is 0 Å². The average Bonchev–Trinajstić information content (AvgIpc) is 2.43. The summed E-state index contributed by atoms with van der Waals surface area (Å²) in [6.07, 6.45) is 2.39. The monoisotopic (exact) mass is 265 g/mol. The predicted molar refractivity (Wildman–Crippen MR) is 73.2 cm³/mol. The standard InChI is InChI=1S/C15H20FNO2/c1-4-12(15(18)19-3)9-10-17-11(2)13-7-5-6-8-14(13)16/h5-9,11,17H,4,10H2,1-3H3/b12-9-. The van der Waals surface area contributed by atoms with E-state index in [1.54, 1.807) is 24.3 Å². The predicted octanol–water partition coefficient (Wildman–Crippen LogP) is 2.99. The summed E-state index contributed by atoms with van der Waals surface area (Å²) in [5, 5.41) is 3.16. The molecule has 0 aliphatic heterocycles. The summed E-state index contributed by atoms with van der Waals surface area (Å²) < 4.78 is 18.2. The quantitative estimate of drug-likeness (QED) is 0.635. The van der Waals surface area contributed by atoms with Gasteiger partial charge in [0.15, 0.2) is 0 Å². The molecular weight excluding hydrogens is 245 g/mol. The Morgan fingerprint density at radius 1 is 1.47 bits per heavy atom. The van der Waals surface area contributed by atoms with Crippen LogP contribution in [0.1, 0.15) is 31.9 Å². The van der Waals surface area contributed by atoms with E-state index in [1.165, 1.54) is 13.2 Å². The molecule has 104 valence electrons. The van der Waals surface area contributed by atoms with E-state index < -0.39 is 0 Å². The first-order valence-corrected chi connectivity index (χ1v) is 6.35. The Balaban J connectivity index is 2.60. The van der Waals surface area contributed by atoms with Gasteiger partial charge in [-0.25, -0.2) is 9.18 Å². The molecule has 0 aromatic heterocycles. The van der Waals surface area contributed by atoms with Gasteiger partial charge >= 0.3 is 5.97 Å². The van der Waals surface area contributed by atoms with E-state index in [1.807, 2.05) is 13.8 Å². The van der Waals surface area contributed by atoms with Gasteiger partial charge in [-0.1, -0.05) is 31.2 Å². The molecule has 1 aromatic rings. The number of halogens is 1. The molecule has 1 atom stereocenters. The van der Waals surface area contributed by atoms with Crippen LogP contribution in [-0.2, 0) is 9.53 Å². The zero-order chi connectivity index (χ0) is 14.3. The Morgan fingerprint density at radius 3 is 2.74 bits per heavy atom. The SMILES string of the molecule is CC/C(=C/CNC(C)c1ccccc1F)C(=O)OC. The van der Waals surface area contributed by atoms with Gasteiger partial charge in [-0.05, 0) is 19.4 Å². The van der Waals surface area contributed by atoms with Crippen LogP contribution in [0.15, 0.2) is 35.9 Å². The number of nitrogens with one attached hydrogen (secondary N) is 1. The molecule has 4 heteroatoms. The lowest BCUT2D eigenvalue weighted by molar-refractivity contribution is -0.136. The minimum absolute atomic E-state index is 0.117. The third-order valence-electron chi connectivity index (χ3n) is 2.97. The maximum absolute atomic E-state index is 13.5. The van der Waals surface area contributed by atoms with Crippen LogP contribution >= 0.6 is 0 Å². The molecule has 0 spiro atoms. The Bertz CT molecular complexity index is 457. The summed E-state index contributed by atoms with van der Waals surface area (Å²) in [5.41, 5.74) is 1.24. The van der Waals surface area contributed by atoms with Crippen LogP contribution in [0, 0.1) is 5.82 Å². The van der Waals surface area contributed by atoms with Gasteiger partial charge in [0.05, 0.1) is 7.11 Å². The highest BCUT2D eigenvalue weighted by atomic mass is 19.1. The van der Waals surface area contributed by atoms with Crippen molar-refractivity contribution in [3.63, 3.8) is 0 Å². The number of carbonyl (C=O) groups is 1. The molecule has 1 N–H and O–H groups in total. The highest BCUT2D eigenvalue weighted by molar-refractivity contribution is 5.88. The molecule has 0 aliphatic rings. The number of rotatable bonds is 6. The van der Waals surface area contributed by atoms with Crippen molar-refractivity contribution in [2.45, 2.75) is 26.3 Å². The lowest BCUT2D eigenvalue weighted by Crippen LogP contribution is -2.20. The zero-order valence-electron chi connectivity index (χ0n) is 11.6. The maximum atomic E-state index is 13.5. The van der Waals surface area contributed by atoms with Gasteiger partial charge in [0.2, 0.25) is 0 Å². The Kier molecular flexibility index (Phi) is 6.22. The van der Waals surface area contributed by atoms with Crippen molar-refractivity contribution in [1.29, 1.82) is 0 Å². The summed E-state index contributed by atoms with van der Waals surface area (Å²) in [6.45, 7) is 4.27. The molecule has 0 saturated carbocycles. The fourth-order valence-corrected chi connectivity index (χ4v) is 1.80. The second-order valence-corrected chi connectivity index (χ2v) is 4.23. The normalized spacial score (nSPS) is 13.2. The van der Waals surface area contributed by atoms with E-state index in [-0.39, 0.29) is 17.8 Å². The summed E-state index contributed by atoms with van der Waals surface area (Å²) >= 11 is 0. The van der Waals surface area contributed by atoms with Gasteiger partial charge in [-0.2, -0.15) is 0 Å². The van der Waals surface area contributed by atoms with Crippen molar-refractivity contribution < 1.29 is 13.9 Å². The summed E-state index contributed by atoms with van der Waals surface area (Å²) in [4.78, 5) is 11.4. The minimum atomic E-state index is -0.317. The third-order valence-corrected chi connectivity index (χ3v) is 2.97. The molecule has 1 rings (SSSR count). The number of carbonyl (C=O) groups excluding carboxylic acids is 1. The molecule has 3 nitrogen and oxygen atoms in total. The summed E-state index contributed by atoms with van der Waals surface area (Å²) in [7, 11) is 1.36. The summed E-state index contributed by atoms with van der Waals surface area (Å²) in [6, 6.07) is 6.54. The second-order valence-electron chi connectivity index (χ2n) is 4.23. The first-order chi connectivity index (χ1) is 9.10.